The first-order chi connectivity index (χ1) is 9.54. The molecule has 0 spiro atoms. The third-order valence-electron chi connectivity index (χ3n) is 2.79. The minimum atomic E-state index is -0.683. The number of anilines is 1. The third kappa shape index (κ3) is 2.51. The third-order valence-corrected chi connectivity index (χ3v) is 2.79. The van der Waals surface area contributed by atoms with E-state index in [1.807, 2.05) is 0 Å². The van der Waals surface area contributed by atoms with Crippen LogP contribution in [-0.4, -0.2) is 30.0 Å². The van der Waals surface area contributed by atoms with Gasteiger partial charge in [0.05, 0.1) is 17.2 Å². The molecule has 2 rings (SSSR count). The SMILES string of the molecule is CCOC(=O)CN1C(=O)C(=C[N+](=O)[O-])c2ccccc21. The summed E-state index contributed by atoms with van der Waals surface area (Å²) in [4.78, 5) is 34.8. The van der Waals surface area contributed by atoms with Gasteiger partial charge in [0.25, 0.3) is 5.91 Å². The molecule has 0 bridgehead atoms. The number of amides is 1. The summed E-state index contributed by atoms with van der Waals surface area (Å²) in [6, 6.07) is 6.61. The first kappa shape index (κ1) is 13.7. The molecule has 0 aromatic heterocycles. The molecule has 1 aromatic rings. The Balaban J connectivity index is 2.38. The Hall–Kier alpha value is -2.70. The molecule has 0 saturated carbocycles. The molecule has 7 heteroatoms. The van der Waals surface area contributed by atoms with Crippen molar-refractivity contribution in [3.05, 3.63) is 46.1 Å². The number of nitrogens with zero attached hydrogens (tertiary/aromatic N) is 2. The number of hydrogen-bond donors (Lipinski definition) is 0. The smallest absolute Gasteiger partial charge is 0.326 e. The van der Waals surface area contributed by atoms with Gasteiger partial charge in [-0.05, 0) is 13.0 Å². The van der Waals surface area contributed by atoms with E-state index in [4.69, 9.17) is 4.74 Å². The molecule has 0 N–H and O–H groups in total. The number of carbonyl (C=O) groups excluding carboxylic acids is 2. The van der Waals surface area contributed by atoms with Crippen molar-refractivity contribution in [2.75, 3.05) is 18.1 Å². The van der Waals surface area contributed by atoms with Crippen molar-refractivity contribution in [2.45, 2.75) is 6.92 Å². The molecule has 0 atom stereocenters. The fourth-order valence-electron chi connectivity index (χ4n) is 2.03. The zero-order valence-electron chi connectivity index (χ0n) is 10.7. The van der Waals surface area contributed by atoms with Crippen LogP contribution >= 0.6 is 0 Å². The number of ether oxygens (including phenoxy) is 1. The largest absolute Gasteiger partial charge is 0.465 e. The number of benzene rings is 1. The van der Waals surface area contributed by atoms with Gasteiger partial charge in [0.1, 0.15) is 12.1 Å². The van der Waals surface area contributed by atoms with E-state index in [0.29, 0.717) is 17.5 Å². The summed E-state index contributed by atoms with van der Waals surface area (Å²) < 4.78 is 4.80. The highest BCUT2D eigenvalue weighted by molar-refractivity contribution is 6.33. The predicted molar refractivity (Wildman–Crippen MR) is 70.4 cm³/mol. The van der Waals surface area contributed by atoms with Crippen LogP contribution in [0.1, 0.15) is 12.5 Å². The Bertz CT molecular complexity index is 609. The highest BCUT2D eigenvalue weighted by Gasteiger charge is 2.35. The van der Waals surface area contributed by atoms with E-state index in [1.165, 1.54) is 4.90 Å². The van der Waals surface area contributed by atoms with E-state index < -0.39 is 16.8 Å². The van der Waals surface area contributed by atoms with Gasteiger partial charge in [0.2, 0.25) is 6.20 Å². The number of esters is 1. The number of para-hydroxylation sites is 1. The summed E-state index contributed by atoms with van der Waals surface area (Å²) >= 11 is 0. The van der Waals surface area contributed by atoms with Crippen LogP contribution in [0.2, 0.25) is 0 Å². The zero-order chi connectivity index (χ0) is 14.7. The number of rotatable bonds is 4. The average Bonchev–Trinajstić information content (AvgIpc) is 2.65. The van der Waals surface area contributed by atoms with Crippen LogP contribution in [0.5, 0.6) is 0 Å². The molecule has 1 amide bonds. The van der Waals surface area contributed by atoms with Crippen molar-refractivity contribution < 1.29 is 19.2 Å². The van der Waals surface area contributed by atoms with Crippen molar-refractivity contribution in [2.24, 2.45) is 0 Å². The maximum atomic E-state index is 12.2. The second-order valence-corrected chi connectivity index (χ2v) is 4.04. The molecule has 1 aliphatic heterocycles. The topological polar surface area (TPSA) is 89.8 Å². The van der Waals surface area contributed by atoms with Gasteiger partial charge in [0, 0.05) is 5.56 Å². The molecular weight excluding hydrogens is 264 g/mol. The Labute approximate surface area is 114 Å². The van der Waals surface area contributed by atoms with E-state index >= 15 is 0 Å². The second kappa shape index (κ2) is 5.52. The lowest BCUT2D eigenvalue weighted by atomic mass is 10.1. The highest BCUT2D eigenvalue weighted by Crippen LogP contribution is 2.36. The van der Waals surface area contributed by atoms with Crippen molar-refractivity contribution in [3.63, 3.8) is 0 Å². The van der Waals surface area contributed by atoms with Crippen molar-refractivity contribution >= 4 is 23.1 Å². The number of carbonyl (C=O) groups is 2. The van der Waals surface area contributed by atoms with Crippen molar-refractivity contribution in [1.82, 2.24) is 0 Å². The van der Waals surface area contributed by atoms with E-state index in [2.05, 4.69) is 0 Å². The molecule has 1 aliphatic rings. The molecule has 0 unspecified atom stereocenters. The van der Waals surface area contributed by atoms with Crippen LogP contribution in [0.4, 0.5) is 5.69 Å². The molecule has 0 saturated heterocycles. The molecule has 0 aliphatic carbocycles. The summed E-state index contributed by atoms with van der Waals surface area (Å²) in [6.45, 7) is 1.61. The lowest BCUT2D eigenvalue weighted by Gasteiger charge is -2.15. The van der Waals surface area contributed by atoms with Crippen LogP contribution in [-0.2, 0) is 14.3 Å². The van der Waals surface area contributed by atoms with Gasteiger partial charge in [-0.25, -0.2) is 0 Å². The lowest BCUT2D eigenvalue weighted by molar-refractivity contribution is -0.401. The maximum Gasteiger partial charge on any atom is 0.326 e. The maximum absolute atomic E-state index is 12.2. The van der Waals surface area contributed by atoms with E-state index in [1.54, 1.807) is 31.2 Å². The zero-order valence-corrected chi connectivity index (χ0v) is 10.7. The van der Waals surface area contributed by atoms with Gasteiger partial charge in [-0.15, -0.1) is 0 Å². The average molecular weight is 276 g/mol. The Morgan fingerprint density at radius 3 is 2.80 bits per heavy atom. The quantitative estimate of drug-likeness (QED) is 0.357. The van der Waals surface area contributed by atoms with Gasteiger partial charge in [-0.2, -0.15) is 0 Å². The Kier molecular flexibility index (Phi) is 3.79. The van der Waals surface area contributed by atoms with E-state index in [9.17, 15) is 19.7 Å². The molecule has 1 aromatic carbocycles. The van der Waals surface area contributed by atoms with Gasteiger partial charge >= 0.3 is 5.97 Å². The summed E-state index contributed by atoms with van der Waals surface area (Å²) in [5.41, 5.74) is 0.882. The lowest BCUT2D eigenvalue weighted by Crippen LogP contribution is -2.33. The molecule has 20 heavy (non-hydrogen) atoms. The first-order valence-electron chi connectivity index (χ1n) is 5.96. The summed E-state index contributed by atoms with van der Waals surface area (Å²) in [6.07, 6.45) is 0.659. The van der Waals surface area contributed by atoms with Crippen molar-refractivity contribution in [1.29, 1.82) is 0 Å². The van der Waals surface area contributed by atoms with Crippen LogP contribution in [0, 0.1) is 10.1 Å². The second-order valence-electron chi connectivity index (χ2n) is 4.04. The highest BCUT2D eigenvalue weighted by atomic mass is 16.6. The Morgan fingerprint density at radius 1 is 1.45 bits per heavy atom. The molecule has 0 fully saturated rings. The van der Waals surface area contributed by atoms with Crippen LogP contribution < -0.4 is 4.90 Å². The molecule has 7 nitrogen and oxygen atoms in total. The van der Waals surface area contributed by atoms with Gasteiger partial charge < -0.3 is 4.74 Å². The monoisotopic (exact) mass is 276 g/mol. The normalized spacial score (nSPS) is 15.3. The molecule has 1 heterocycles. The fourth-order valence-corrected chi connectivity index (χ4v) is 2.03. The van der Waals surface area contributed by atoms with Gasteiger partial charge in [-0.1, -0.05) is 18.2 Å². The van der Waals surface area contributed by atoms with E-state index in [-0.39, 0.29) is 18.7 Å². The minimum absolute atomic E-state index is 0.0325. The first-order valence-corrected chi connectivity index (χ1v) is 5.96. The molecular formula is C13H12N2O5. The summed E-state index contributed by atoms with van der Waals surface area (Å²) in [5.74, 6) is -1.13. The number of nitro groups is 1. The Morgan fingerprint density at radius 2 is 2.15 bits per heavy atom. The van der Waals surface area contributed by atoms with Crippen LogP contribution in [0.3, 0.4) is 0 Å². The summed E-state index contributed by atoms with van der Waals surface area (Å²) in [7, 11) is 0. The van der Waals surface area contributed by atoms with Crippen LogP contribution in [0.25, 0.3) is 5.57 Å². The van der Waals surface area contributed by atoms with Crippen molar-refractivity contribution in [3.8, 4) is 0 Å². The summed E-state index contributed by atoms with van der Waals surface area (Å²) in [5, 5.41) is 10.6. The standard InChI is InChI=1S/C13H12N2O5/c1-2-20-12(16)8-14-11-6-4-3-5-9(11)10(13(14)17)7-15(18)19/h3-7H,2,8H2,1H3. The van der Waals surface area contributed by atoms with Crippen LogP contribution in [0.15, 0.2) is 30.5 Å². The predicted octanol–water partition coefficient (Wildman–Crippen LogP) is 1.21. The number of fused-ring (bicyclic) bond motifs is 1. The molecule has 104 valence electrons. The minimum Gasteiger partial charge on any atom is -0.465 e. The van der Waals surface area contributed by atoms with Gasteiger partial charge in [0.15, 0.2) is 0 Å². The molecule has 0 radical (unpaired) electrons. The fraction of sp³-hybridized carbons (Fsp3) is 0.231. The number of hydrogen-bond acceptors (Lipinski definition) is 5. The van der Waals surface area contributed by atoms with E-state index in [0.717, 1.165) is 0 Å². The van der Waals surface area contributed by atoms with Gasteiger partial charge in [-0.3, -0.25) is 24.6 Å².